The van der Waals surface area contributed by atoms with Crippen molar-refractivity contribution in [1.82, 2.24) is 9.97 Å². The van der Waals surface area contributed by atoms with E-state index in [0.717, 1.165) is 5.69 Å². The van der Waals surface area contributed by atoms with Gasteiger partial charge in [-0.25, -0.2) is 9.97 Å². The summed E-state index contributed by atoms with van der Waals surface area (Å²) in [6.45, 7) is 6.45. The minimum Gasteiger partial charge on any atom is -0.339 e. The molecule has 0 aliphatic carbocycles. The lowest BCUT2D eigenvalue weighted by atomic mass is 9.86. The Morgan fingerprint density at radius 2 is 1.71 bits per heavy atom. The fourth-order valence-corrected chi connectivity index (χ4v) is 2.72. The largest absolute Gasteiger partial charge is 0.339 e. The van der Waals surface area contributed by atoms with Crippen LogP contribution in [0.1, 0.15) is 42.4 Å². The molecule has 1 aromatic heterocycles. The molecule has 0 spiro atoms. The van der Waals surface area contributed by atoms with Crippen LogP contribution in [0.15, 0.2) is 60.9 Å². The van der Waals surface area contributed by atoms with Crippen LogP contribution in [0.4, 0.5) is 17.2 Å². The molecule has 140 valence electrons. The van der Waals surface area contributed by atoms with Gasteiger partial charge in [-0.15, -0.1) is 0 Å². The highest BCUT2D eigenvalue weighted by atomic mass is 16.1. The standard InChI is InChI=1S/C22H21N5O/c1-22(2,3)17-6-4-5-7-18(17)27-20-14-24-19(13-25-20)21(28)26-16-10-8-15(12-23)9-11-16/h4-11,13-14H,1-3H3,(H,25,27)(H,26,28). The third-order valence-electron chi connectivity index (χ3n) is 4.15. The van der Waals surface area contributed by atoms with Crippen molar-refractivity contribution in [3.63, 3.8) is 0 Å². The quantitative estimate of drug-likeness (QED) is 0.697. The van der Waals surface area contributed by atoms with Gasteiger partial charge in [-0.2, -0.15) is 5.26 Å². The molecule has 6 nitrogen and oxygen atoms in total. The Morgan fingerprint density at radius 3 is 2.32 bits per heavy atom. The first-order chi connectivity index (χ1) is 13.4. The zero-order valence-corrected chi connectivity index (χ0v) is 16.0. The molecule has 6 heteroatoms. The summed E-state index contributed by atoms with van der Waals surface area (Å²) >= 11 is 0. The molecular weight excluding hydrogens is 350 g/mol. The maximum absolute atomic E-state index is 12.3. The Morgan fingerprint density at radius 1 is 1.00 bits per heavy atom. The van der Waals surface area contributed by atoms with Crippen LogP contribution >= 0.6 is 0 Å². The first-order valence-electron chi connectivity index (χ1n) is 8.87. The number of nitrogens with one attached hydrogen (secondary N) is 2. The molecule has 0 fully saturated rings. The van der Waals surface area contributed by atoms with Gasteiger partial charge >= 0.3 is 0 Å². The van der Waals surface area contributed by atoms with E-state index in [4.69, 9.17) is 5.26 Å². The molecule has 1 amide bonds. The van der Waals surface area contributed by atoms with Crippen LogP contribution in [0.5, 0.6) is 0 Å². The second-order valence-corrected chi connectivity index (χ2v) is 7.35. The fraction of sp³-hybridized carbons (Fsp3) is 0.182. The Balaban J connectivity index is 1.71. The number of benzene rings is 2. The number of nitriles is 1. The molecular formula is C22H21N5O. The zero-order valence-electron chi connectivity index (χ0n) is 16.0. The van der Waals surface area contributed by atoms with Gasteiger partial charge < -0.3 is 10.6 Å². The van der Waals surface area contributed by atoms with E-state index < -0.39 is 0 Å². The number of rotatable bonds is 4. The molecule has 0 atom stereocenters. The number of carbonyl (C=O) groups is 1. The summed E-state index contributed by atoms with van der Waals surface area (Å²) in [6, 6.07) is 16.7. The van der Waals surface area contributed by atoms with E-state index in [0.29, 0.717) is 17.1 Å². The van der Waals surface area contributed by atoms with Gasteiger partial charge in [0, 0.05) is 11.4 Å². The van der Waals surface area contributed by atoms with Crippen LogP contribution < -0.4 is 10.6 Å². The van der Waals surface area contributed by atoms with Crippen LogP contribution in [-0.2, 0) is 5.41 Å². The lowest BCUT2D eigenvalue weighted by Gasteiger charge is -2.23. The van der Waals surface area contributed by atoms with Gasteiger partial charge in [0.1, 0.15) is 11.5 Å². The minimum atomic E-state index is -0.362. The van der Waals surface area contributed by atoms with Crippen LogP contribution in [0, 0.1) is 11.3 Å². The van der Waals surface area contributed by atoms with Crippen molar-refractivity contribution in [2.24, 2.45) is 0 Å². The average molecular weight is 371 g/mol. The molecule has 0 aliphatic heterocycles. The first-order valence-corrected chi connectivity index (χ1v) is 8.87. The lowest BCUT2D eigenvalue weighted by Crippen LogP contribution is -2.15. The molecule has 0 radical (unpaired) electrons. The number of hydrogen-bond donors (Lipinski definition) is 2. The molecule has 1 heterocycles. The Hall–Kier alpha value is -3.72. The Bertz CT molecular complexity index is 1010. The topological polar surface area (TPSA) is 90.7 Å². The van der Waals surface area contributed by atoms with Gasteiger partial charge in [0.05, 0.1) is 24.0 Å². The highest BCUT2D eigenvalue weighted by molar-refractivity contribution is 6.02. The van der Waals surface area contributed by atoms with Gasteiger partial charge in [0.2, 0.25) is 0 Å². The number of carbonyl (C=O) groups excluding carboxylic acids is 1. The summed E-state index contributed by atoms with van der Waals surface area (Å²) in [4.78, 5) is 20.8. The van der Waals surface area contributed by atoms with E-state index in [9.17, 15) is 4.79 Å². The minimum absolute atomic E-state index is 0.0159. The summed E-state index contributed by atoms with van der Waals surface area (Å²) in [6.07, 6.45) is 2.97. The van der Waals surface area contributed by atoms with E-state index in [2.05, 4.69) is 47.4 Å². The van der Waals surface area contributed by atoms with E-state index in [1.165, 1.54) is 18.0 Å². The second-order valence-electron chi connectivity index (χ2n) is 7.35. The predicted molar refractivity (Wildman–Crippen MR) is 110 cm³/mol. The number of para-hydroxylation sites is 1. The normalized spacial score (nSPS) is 10.8. The monoisotopic (exact) mass is 371 g/mol. The van der Waals surface area contributed by atoms with E-state index in [1.807, 2.05) is 24.3 Å². The zero-order chi connectivity index (χ0) is 20.1. The number of nitrogens with zero attached hydrogens (tertiary/aromatic N) is 3. The molecule has 2 aromatic carbocycles. The van der Waals surface area contributed by atoms with Crippen molar-refractivity contribution >= 4 is 23.1 Å². The van der Waals surface area contributed by atoms with Crippen LogP contribution in [0.2, 0.25) is 0 Å². The highest BCUT2D eigenvalue weighted by Gasteiger charge is 2.18. The summed E-state index contributed by atoms with van der Waals surface area (Å²) < 4.78 is 0. The summed E-state index contributed by atoms with van der Waals surface area (Å²) in [5.74, 6) is 0.200. The molecule has 0 bridgehead atoms. The lowest BCUT2D eigenvalue weighted by molar-refractivity contribution is 0.102. The Labute approximate surface area is 164 Å². The van der Waals surface area contributed by atoms with Crippen LogP contribution in [0.25, 0.3) is 0 Å². The molecule has 0 unspecified atom stereocenters. The smallest absolute Gasteiger partial charge is 0.275 e. The van der Waals surface area contributed by atoms with Crippen LogP contribution in [0.3, 0.4) is 0 Å². The van der Waals surface area contributed by atoms with Crippen LogP contribution in [-0.4, -0.2) is 15.9 Å². The van der Waals surface area contributed by atoms with Gasteiger partial charge in [0.15, 0.2) is 0 Å². The predicted octanol–water partition coefficient (Wildman–Crippen LogP) is 4.64. The molecule has 0 saturated carbocycles. The number of hydrogen-bond acceptors (Lipinski definition) is 5. The van der Waals surface area contributed by atoms with Gasteiger partial charge in [-0.1, -0.05) is 39.0 Å². The summed E-state index contributed by atoms with van der Waals surface area (Å²) in [7, 11) is 0. The van der Waals surface area contributed by atoms with Crippen molar-refractivity contribution in [1.29, 1.82) is 5.26 Å². The van der Waals surface area contributed by atoms with Crippen molar-refractivity contribution in [2.75, 3.05) is 10.6 Å². The Kier molecular flexibility index (Phi) is 5.37. The molecule has 3 aromatic rings. The van der Waals surface area contributed by atoms with Gasteiger partial charge in [-0.05, 0) is 41.3 Å². The maximum atomic E-state index is 12.3. The third kappa shape index (κ3) is 4.51. The van der Waals surface area contributed by atoms with Crippen molar-refractivity contribution in [3.05, 3.63) is 77.7 Å². The molecule has 2 N–H and O–H groups in total. The van der Waals surface area contributed by atoms with E-state index >= 15 is 0 Å². The number of anilines is 3. The summed E-state index contributed by atoms with van der Waals surface area (Å²) in [5, 5.41) is 14.8. The number of aromatic nitrogens is 2. The summed E-state index contributed by atoms with van der Waals surface area (Å²) in [5.41, 5.74) is 3.44. The molecule has 0 saturated heterocycles. The number of amides is 1. The first kappa shape index (κ1) is 19.1. The van der Waals surface area contributed by atoms with E-state index in [-0.39, 0.29) is 17.0 Å². The fourth-order valence-electron chi connectivity index (χ4n) is 2.72. The average Bonchev–Trinajstić information content (AvgIpc) is 2.69. The van der Waals surface area contributed by atoms with E-state index in [1.54, 1.807) is 24.3 Å². The second kappa shape index (κ2) is 7.89. The third-order valence-corrected chi connectivity index (χ3v) is 4.15. The SMILES string of the molecule is CC(C)(C)c1ccccc1Nc1cnc(C(=O)Nc2ccc(C#N)cc2)cn1. The highest BCUT2D eigenvalue weighted by Crippen LogP contribution is 2.30. The van der Waals surface area contributed by atoms with Gasteiger partial charge in [-0.3, -0.25) is 4.79 Å². The maximum Gasteiger partial charge on any atom is 0.275 e. The molecule has 0 aliphatic rings. The molecule has 28 heavy (non-hydrogen) atoms. The van der Waals surface area contributed by atoms with Crippen molar-refractivity contribution < 1.29 is 4.79 Å². The van der Waals surface area contributed by atoms with Crippen molar-refractivity contribution in [2.45, 2.75) is 26.2 Å². The molecule has 3 rings (SSSR count). The van der Waals surface area contributed by atoms with Gasteiger partial charge in [0.25, 0.3) is 5.91 Å². The van der Waals surface area contributed by atoms with Crippen molar-refractivity contribution in [3.8, 4) is 6.07 Å².